The summed E-state index contributed by atoms with van der Waals surface area (Å²) in [6.07, 6.45) is 7.22. The third-order valence-corrected chi connectivity index (χ3v) is 5.65. The number of hydrogen-bond donors (Lipinski definition) is 2. The van der Waals surface area contributed by atoms with Crippen LogP contribution in [0, 0.1) is 0 Å². The minimum atomic E-state index is -0.111. The van der Waals surface area contributed by atoms with E-state index in [2.05, 4.69) is 51.5 Å². The Morgan fingerprint density at radius 2 is 2.00 bits per heavy atom. The maximum atomic E-state index is 12.6. The van der Waals surface area contributed by atoms with Gasteiger partial charge in [-0.1, -0.05) is 30.8 Å². The lowest BCUT2D eigenvalue weighted by Crippen LogP contribution is -2.27. The molecule has 1 aromatic carbocycles. The largest absolute Gasteiger partial charge is 0.367 e. The van der Waals surface area contributed by atoms with Gasteiger partial charge in [-0.2, -0.15) is 5.10 Å². The molecule has 172 valence electrons. The van der Waals surface area contributed by atoms with Crippen LogP contribution < -0.4 is 10.6 Å². The number of thioether (sulfide) groups is 1. The lowest BCUT2D eigenvalue weighted by atomic mass is 10.1. The first-order valence-electron chi connectivity index (χ1n) is 11.0. The summed E-state index contributed by atoms with van der Waals surface area (Å²) in [7, 11) is 0. The van der Waals surface area contributed by atoms with Crippen molar-refractivity contribution in [3.05, 3.63) is 60.3 Å². The summed E-state index contributed by atoms with van der Waals surface area (Å²) in [5, 5.41) is 12.4. The number of anilines is 1. The molecule has 0 aliphatic heterocycles. The Bertz CT molecular complexity index is 1200. The molecule has 0 aliphatic carbocycles. The Balaban J connectivity index is 1.40. The van der Waals surface area contributed by atoms with Gasteiger partial charge in [0.2, 0.25) is 0 Å². The maximum Gasteiger partial charge on any atom is 0.251 e. The fourth-order valence-electron chi connectivity index (χ4n) is 3.41. The van der Waals surface area contributed by atoms with Crippen molar-refractivity contribution in [1.29, 1.82) is 0 Å². The topological polar surface area (TPSA) is 103 Å². The zero-order chi connectivity index (χ0) is 23.2. The fraction of sp³-hybridized carbons (Fsp3) is 0.348. The number of carbonyl (C=O) groups excluding carboxylic acids is 1. The Morgan fingerprint density at radius 1 is 1.18 bits per heavy atom. The summed E-state index contributed by atoms with van der Waals surface area (Å²) in [6.45, 7) is 7.91. The number of carbonyl (C=O) groups is 1. The Kier molecular flexibility index (Phi) is 7.23. The van der Waals surface area contributed by atoms with Crippen LogP contribution in [0.4, 0.5) is 5.82 Å². The van der Waals surface area contributed by atoms with Crippen molar-refractivity contribution in [2.45, 2.75) is 45.1 Å². The first-order chi connectivity index (χ1) is 16.0. The van der Waals surface area contributed by atoms with E-state index in [1.807, 2.05) is 39.7 Å². The molecule has 4 aromatic rings. The predicted octanol–water partition coefficient (Wildman–Crippen LogP) is 3.43. The molecule has 0 aliphatic rings. The molecular formula is C23H28N8OS. The summed E-state index contributed by atoms with van der Waals surface area (Å²) in [5.74, 6) is 1.56. The molecule has 1 amide bonds. The van der Waals surface area contributed by atoms with Gasteiger partial charge in [-0.05, 0) is 37.3 Å². The molecule has 0 spiro atoms. The minimum absolute atomic E-state index is 0.111. The average molecular weight is 465 g/mol. The number of aromatic nitrogens is 6. The predicted molar refractivity (Wildman–Crippen MR) is 131 cm³/mol. The highest BCUT2D eigenvalue weighted by atomic mass is 32.2. The lowest BCUT2D eigenvalue weighted by Gasteiger charge is -2.12. The third kappa shape index (κ3) is 5.70. The molecule has 3 heterocycles. The van der Waals surface area contributed by atoms with E-state index >= 15 is 0 Å². The molecule has 0 radical (unpaired) electrons. The number of benzene rings is 1. The van der Waals surface area contributed by atoms with Crippen LogP contribution in [0.25, 0.3) is 11.0 Å². The number of hydrogen-bond acceptors (Lipinski definition) is 7. The van der Waals surface area contributed by atoms with Crippen molar-refractivity contribution in [2.75, 3.05) is 17.6 Å². The standard InChI is InChI=1S/C23H28N8OS/c1-4-33-23-28-20(27-16(2)3)19-13-26-31(21(19)29-23)12-10-25-22(32)18-7-5-17(6-8-18)14-30-11-9-24-15-30/h5-9,11,13,15-16H,4,10,12,14H2,1-3H3,(H,25,32)(H,27,28,29). The van der Waals surface area contributed by atoms with E-state index in [1.54, 1.807) is 30.5 Å². The van der Waals surface area contributed by atoms with E-state index < -0.39 is 0 Å². The van der Waals surface area contributed by atoms with E-state index in [1.165, 1.54) is 0 Å². The van der Waals surface area contributed by atoms with Gasteiger partial charge in [-0.3, -0.25) is 4.79 Å². The van der Waals surface area contributed by atoms with E-state index in [0.717, 1.165) is 39.9 Å². The molecule has 33 heavy (non-hydrogen) atoms. The number of imidazole rings is 1. The highest BCUT2D eigenvalue weighted by Crippen LogP contribution is 2.24. The van der Waals surface area contributed by atoms with Gasteiger partial charge in [0.15, 0.2) is 10.8 Å². The number of fused-ring (bicyclic) bond motifs is 1. The Labute approximate surface area is 197 Å². The van der Waals surface area contributed by atoms with Crippen molar-refractivity contribution in [2.24, 2.45) is 0 Å². The zero-order valence-electron chi connectivity index (χ0n) is 19.0. The molecule has 0 fully saturated rings. The second kappa shape index (κ2) is 10.5. The van der Waals surface area contributed by atoms with Crippen LogP contribution in [0.3, 0.4) is 0 Å². The summed E-state index contributed by atoms with van der Waals surface area (Å²) < 4.78 is 3.80. The fourth-order valence-corrected chi connectivity index (χ4v) is 3.97. The third-order valence-electron chi connectivity index (χ3n) is 4.92. The molecular weight excluding hydrogens is 436 g/mol. The molecule has 0 saturated heterocycles. The summed E-state index contributed by atoms with van der Waals surface area (Å²) in [6, 6.07) is 7.86. The second-order valence-corrected chi connectivity index (χ2v) is 9.11. The Morgan fingerprint density at radius 3 is 2.70 bits per heavy atom. The van der Waals surface area contributed by atoms with Crippen molar-refractivity contribution in [1.82, 2.24) is 34.6 Å². The van der Waals surface area contributed by atoms with E-state index in [4.69, 9.17) is 0 Å². The van der Waals surface area contributed by atoms with Gasteiger partial charge in [0.1, 0.15) is 5.82 Å². The minimum Gasteiger partial charge on any atom is -0.367 e. The van der Waals surface area contributed by atoms with Gasteiger partial charge in [-0.25, -0.2) is 19.6 Å². The number of nitrogens with zero attached hydrogens (tertiary/aromatic N) is 6. The van der Waals surface area contributed by atoms with Crippen molar-refractivity contribution < 1.29 is 4.79 Å². The SMILES string of the molecule is CCSc1nc(NC(C)C)c2cnn(CCNC(=O)c3ccc(Cn4ccnc4)cc3)c2n1. The van der Waals surface area contributed by atoms with E-state index in [-0.39, 0.29) is 11.9 Å². The van der Waals surface area contributed by atoms with Crippen molar-refractivity contribution in [3.63, 3.8) is 0 Å². The van der Waals surface area contributed by atoms with Gasteiger partial charge < -0.3 is 15.2 Å². The van der Waals surface area contributed by atoms with E-state index in [9.17, 15) is 4.79 Å². The van der Waals surface area contributed by atoms with Crippen LogP contribution in [-0.2, 0) is 13.1 Å². The monoisotopic (exact) mass is 464 g/mol. The summed E-state index contributed by atoms with van der Waals surface area (Å²) in [5.41, 5.74) is 2.50. The second-order valence-electron chi connectivity index (χ2n) is 7.88. The number of amides is 1. The van der Waals surface area contributed by atoms with Gasteiger partial charge in [0.25, 0.3) is 5.91 Å². The van der Waals surface area contributed by atoms with Gasteiger partial charge in [0.05, 0.1) is 24.5 Å². The molecule has 4 rings (SSSR count). The molecule has 0 unspecified atom stereocenters. The smallest absolute Gasteiger partial charge is 0.251 e. The quantitative estimate of drug-likeness (QED) is 0.274. The summed E-state index contributed by atoms with van der Waals surface area (Å²) in [4.78, 5) is 26.0. The highest BCUT2D eigenvalue weighted by molar-refractivity contribution is 7.99. The highest BCUT2D eigenvalue weighted by Gasteiger charge is 2.14. The van der Waals surface area contributed by atoms with Crippen LogP contribution in [-0.4, -0.2) is 53.5 Å². The first kappa shape index (κ1) is 22.8. The Hall–Kier alpha value is -3.40. The molecule has 0 bridgehead atoms. The number of nitrogens with one attached hydrogen (secondary N) is 2. The normalized spacial score (nSPS) is 11.3. The molecule has 0 atom stereocenters. The van der Waals surface area contributed by atoms with Crippen LogP contribution >= 0.6 is 11.8 Å². The molecule has 2 N–H and O–H groups in total. The van der Waals surface area contributed by atoms with Crippen LogP contribution in [0.5, 0.6) is 0 Å². The van der Waals surface area contributed by atoms with Crippen LogP contribution in [0.2, 0.25) is 0 Å². The average Bonchev–Trinajstić information content (AvgIpc) is 3.44. The molecule has 9 nitrogen and oxygen atoms in total. The van der Waals surface area contributed by atoms with Gasteiger partial charge in [-0.15, -0.1) is 0 Å². The maximum absolute atomic E-state index is 12.6. The molecule has 0 saturated carbocycles. The van der Waals surface area contributed by atoms with E-state index in [0.29, 0.717) is 18.7 Å². The number of rotatable bonds is 10. The molecule has 10 heteroatoms. The van der Waals surface area contributed by atoms with Crippen molar-refractivity contribution >= 4 is 34.5 Å². The van der Waals surface area contributed by atoms with Crippen LogP contribution in [0.1, 0.15) is 36.7 Å². The van der Waals surface area contributed by atoms with Gasteiger partial charge >= 0.3 is 0 Å². The zero-order valence-corrected chi connectivity index (χ0v) is 19.8. The van der Waals surface area contributed by atoms with Gasteiger partial charge in [0, 0.05) is 37.1 Å². The van der Waals surface area contributed by atoms with Crippen LogP contribution in [0.15, 0.2) is 54.3 Å². The molecule has 3 aromatic heterocycles. The van der Waals surface area contributed by atoms with Crippen molar-refractivity contribution in [3.8, 4) is 0 Å². The lowest BCUT2D eigenvalue weighted by molar-refractivity contribution is 0.0952. The summed E-state index contributed by atoms with van der Waals surface area (Å²) >= 11 is 1.59. The first-order valence-corrected chi connectivity index (χ1v) is 12.0.